The van der Waals surface area contributed by atoms with Crippen LogP contribution in [0.2, 0.25) is 0 Å². The fraction of sp³-hybridized carbons (Fsp3) is 0.636. The van der Waals surface area contributed by atoms with Crippen LogP contribution < -0.4 is 5.32 Å². The molecule has 0 fully saturated rings. The number of nitrogens with one attached hydrogen (secondary N) is 1. The Hall–Kier alpha value is -1.01. The zero-order chi connectivity index (χ0) is 12.9. The Morgan fingerprint density at radius 3 is 2.59 bits per heavy atom. The van der Waals surface area contributed by atoms with Gasteiger partial charge in [-0.25, -0.2) is 8.42 Å². The van der Waals surface area contributed by atoms with E-state index < -0.39 is 14.6 Å². The lowest BCUT2D eigenvalue weighted by atomic mass is 10.3. The summed E-state index contributed by atoms with van der Waals surface area (Å²) in [4.78, 5) is 0. The number of aromatic nitrogens is 2. The fourth-order valence-electron chi connectivity index (χ4n) is 1.16. The molecule has 1 heterocycles. The van der Waals surface area contributed by atoms with Crippen LogP contribution in [0.15, 0.2) is 18.3 Å². The fourth-order valence-corrected chi connectivity index (χ4v) is 2.18. The average Bonchev–Trinajstić information content (AvgIpc) is 2.24. The molecule has 0 spiro atoms. The lowest BCUT2D eigenvalue weighted by Crippen LogP contribution is -2.34. The van der Waals surface area contributed by atoms with Crippen LogP contribution in [0.1, 0.15) is 26.5 Å². The normalized spacial score (nSPS) is 12.6. The van der Waals surface area contributed by atoms with Crippen molar-refractivity contribution in [2.24, 2.45) is 0 Å². The first kappa shape index (κ1) is 14.1. The summed E-state index contributed by atoms with van der Waals surface area (Å²) in [5, 5.41) is 10.7. The number of rotatable bonds is 5. The number of hydrogen-bond donors (Lipinski definition) is 1. The predicted molar refractivity (Wildman–Crippen MR) is 67.3 cm³/mol. The molecule has 5 nitrogen and oxygen atoms in total. The van der Waals surface area contributed by atoms with Gasteiger partial charge in [0, 0.05) is 19.3 Å². The molecule has 0 unspecified atom stereocenters. The van der Waals surface area contributed by atoms with Gasteiger partial charge in [-0.15, -0.1) is 0 Å². The van der Waals surface area contributed by atoms with Crippen LogP contribution in [0, 0.1) is 0 Å². The van der Waals surface area contributed by atoms with E-state index in [-0.39, 0.29) is 5.75 Å². The molecule has 0 saturated carbocycles. The number of nitrogens with zero attached hydrogens (tertiary/aromatic N) is 2. The molecule has 96 valence electrons. The third kappa shape index (κ3) is 4.40. The van der Waals surface area contributed by atoms with Crippen LogP contribution >= 0.6 is 0 Å². The van der Waals surface area contributed by atoms with E-state index >= 15 is 0 Å². The average molecular weight is 257 g/mol. The highest BCUT2D eigenvalue weighted by Crippen LogP contribution is 2.15. The van der Waals surface area contributed by atoms with Crippen LogP contribution in [-0.2, 0) is 16.4 Å². The van der Waals surface area contributed by atoms with Gasteiger partial charge >= 0.3 is 0 Å². The highest BCUT2D eigenvalue weighted by atomic mass is 32.2. The van der Waals surface area contributed by atoms with Crippen molar-refractivity contribution in [1.82, 2.24) is 15.5 Å². The maximum atomic E-state index is 11.8. The Morgan fingerprint density at radius 1 is 1.35 bits per heavy atom. The second-order valence-electron chi connectivity index (χ2n) is 4.82. The SMILES string of the molecule is CC(C)(C)S(=O)(=O)CCNCc1cccnn1. The smallest absolute Gasteiger partial charge is 0.156 e. The molecular weight excluding hydrogens is 238 g/mol. The molecule has 6 heteroatoms. The van der Waals surface area contributed by atoms with Gasteiger partial charge in [-0.1, -0.05) is 0 Å². The molecule has 0 bridgehead atoms. The minimum absolute atomic E-state index is 0.136. The molecule has 1 aromatic heterocycles. The maximum absolute atomic E-state index is 11.8. The Labute approximate surface area is 103 Å². The maximum Gasteiger partial charge on any atom is 0.156 e. The molecule has 0 saturated heterocycles. The van der Waals surface area contributed by atoms with Crippen LogP contribution in [0.5, 0.6) is 0 Å². The quantitative estimate of drug-likeness (QED) is 0.789. The highest BCUT2D eigenvalue weighted by Gasteiger charge is 2.27. The molecule has 1 rings (SSSR count). The lowest BCUT2D eigenvalue weighted by Gasteiger charge is -2.19. The molecule has 1 N–H and O–H groups in total. The summed E-state index contributed by atoms with van der Waals surface area (Å²) in [7, 11) is -3.05. The number of sulfone groups is 1. The van der Waals surface area contributed by atoms with Crippen molar-refractivity contribution in [2.75, 3.05) is 12.3 Å². The van der Waals surface area contributed by atoms with Gasteiger partial charge in [0.25, 0.3) is 0 Å². The van der Waals surface area contributed by atoms with E-state index in [4.69, 9.17) is 0 Å². The summed E-state index contributed by atoms with van der Waals surface area (Å²) in [6, 6.07) is 3.65. The van der Waals surface area contributed by atoms with Gasteiger partial charge in [0.05, 0.1) is 16.2 Å². The summed E-state index contributed by atoms with van der Waals surface area (Å²) >= 11 is 0. The molecule has 0 aliphatic carbocycles. The van der Waals surface area contributed by atoms with Crippen LogP contribution in [0.25, 0.3) is 0 Å². The van der Waals surface area contributed by atoms with Gasteiger partial charge in [-0.2, -0.15) is 10.2 Å². The first-order valence-electron chi connectivity index (χ1n) is 5.52. The summed E-state index contributed by atoms with van der Waals surface area (Å²) in [5.41, 5.74) is 0.806. The Bertz CT molecular complexity index is 438. The molecule has 0 aliphatic heterocycles. The van der Waals surface area contributed by atoms with E-state index in [2.05, 4.69) is 15.5 Å². The number of hydrogen-bond acceptors (Lipinski definition) is 5. The Balaban J connectivity index is 2.35. The predicted octanol–water partition coefficient (Wildman–Crippen LogP) is 0.779. The van der Waals surface area contributed by atoms with Gasteiger partial charge in [-0.05, 0) is 32.9 Å². The van der Waals surface area contributed by atoms with Crippen molar-refractivity contribution in [3.05, 3.63) is 24.0 Å². The zero-order valence-electron chi connectivity index (χ0n) is 10.5. The summed E-state index contributed by atoms with van der Waals surface area (Å²) < 4.78 is 22.9. The minimum Gasteiger partial charge on any atom is -0.310 e. The highest BCUT2D eigenvalue weighted by molar-refractivity contribution is 7.92. The topological polar surface area (TPSA) is 72.0 Å². The van der Waals surface area contributed by atoms with Crippen molar-refractivity contribution < 1.29 is 8.42 Å². The van der Waals surface area contributed by atoms with Crippen molar-refractivity contribution >= 4 is 9.84 Å². The third-order valence-electron chi connectivity index (χ3n) is 2.41. The summed E-state index contributed by atoms with van der Waals surface area (Å²) in [5.74, 6) is 0.136. The van der Waals surface area contributed by atoms with Crippen molar-refractivity contribution in [1.29, 1.82) is 0 Å². The van der Waals surface area contributed by atoms with Gasteiger partial charge in [0.2, 0.25) is 0 Å². The molecular formula is C11H19N3O2S. The van der Waals surface area contributed by atoms with Crippen LogP contribution in [-0.4, -0.2) is 35.7 Å². The van der Waals surface area contributed by atoms with E-state index in [1.54, 1.807) is 33.0 Å². The van der Waals surface area contributed by atoms with Crippen LogP contribution in [0.4, 0.5) is 0 Å². The molecule has 0 radical (unpaired) electrons. The monoisotopic (exact) mass is 257 g/mol. The molecule has 0 amide bonds. The van der Waals surface area contributed by atoms with Gasteiger partial charge in [-0.3, -0.25) is 0 Å². The standard InChI is InChI=1S/C11H19N3O2S/c1-11(2,3)17(15,16)8-7-12-9-10-5-4-6-13-14-10/h4-6,12H,7-9H2,1-3H3. The second-order valence-corrected chi connectivity index (χ2v) is 7.69. The van der Waals surface area contributed by atoms with Gasteiger partial charge in [0.1, 0.15) is 0 Å². The van der Waals surface area contributed by atoms with Gasteiger partial charge < -0.3 is 5.32 Å². The summed E-state index contributed by atoms with van der Waals surface area (Å²) in [6.45, 7) is 6.10. The van der Waals surface area contributed by atoms with E-state index in [0.717, 1.165) is 5.69 Å². The molecule has 0 aromatic carbocycles. The molecule has 17 heavy (non-hydrogen) atoms. The van der Waals surface area contributed by atoms with Crippen molar-refractivity contribution in [2.45, 2.75) is 32.1 Å². The molecule has 1 aromatic rings. The van der Waals surface area contributed by atoms with Crippen LogP contribution in [0.3, 0.4) is 0 Å². The first-order valence-corrected chi connectivity index (χ1v) is 7.18. The third-order valence-corrected chi connectivity index (χ3v) is 5.02. The Kier molecular flexibility index (Phi) is 4.59. The first-order chi connectivity index (χ1) is 7.83. The van der Waals surface area contributed by atoms with E-state index in [1.807, 2.05) is 6.07 Å². The Morgan fingerprint density at radius 2 is 2.06 bits per heavy atom. The van der Waals surface area contributed by atoms with E-state index in [9.17, 15) is 8.42 Å². The zero-order valence-corrected chi connectivity index (χ0v) is 11.3. The molecule has 0 atom stereocenters. The van der Waals surface area contributed by atoms with E-state index in [1.165, 1.54) is 0 Å². The van der Waals surface area contributed by atoms with Crippen molar-refractivity contribution in [3.8, 4) is 0 Å². The van der Waals surface area contributed by atoms with Crippen molar-refractivity contribution in [3.63, 3.8) is 0 Å². The van der Waals surface area contributed by atoms with Gasteiger partial charge in [0.15, 0.2) is 9.84 Å². The molecule has 0 aliphatic rings. The van der Waals surface area contributed by atoms with E-state index in [0.29, 0.717) is 13.1 Å². The largest absolute Gasteiger partial charge is 0.310 e. The lowest BCUT2D eigenvalue weighted by molar-refractivity contribution is 0.555. The minimum atomic E-state index is -3.05. The summed E-state index contributed by atoms with van der Waals surface area (Å²) in [6.07, 6.45) is 1.60. The second kappa shape index (κ2) is 5.55.